The molecule has 4 nitrogen and oxygen atoms in total. The molecule has 2 rings (SSSR count). The number of ether oxygens (including phenoxy) is 1. The first-order valence-corrected chi connectivity index (χ1v) is 6.90. The Morgan fingerprint density at radius 1 is 1.14 bits per heavy atom. The van der Waals surface area contributed by atoms with Crippen LogP contribution >= 0.6 is 0 Å². The van der Waals surface area contributed by atoms with E-state index in [2.05, 4.69) is 10.5 Å². The van der Waals surface area contributed by atoms with E-state index < -0.39 is 0 Å². The second-order valence-electron chi connectivity index (χ2n) is 4.94. The molecule has 0 spiro atoms. The van der Waals surface area contributed by atoms with E-state index in [1.807, 2.05) is 13.8 Å². The number of benzene rings is 2. The molecule has 0 aliphatic carbocycles. The number of nitrogens with zero attached hydrogens (tertiary/aromatic N) is 1. The molecule has 0 heterocycles. The first-order valence-electron chi connectivity index (χ1n) is 6.90. The molecular weight excluding hydrogens is 283 g/mol. The van der Waals surface area contributed by atoms with Crippen LogP contribution in [0, 0.1) is 5.82 Å². The Balaban J connectivity index is 1.93. The molecule has 0 aromatic heterocycles. The van der Waals surface area contributed by atoms with Crippen LogP contribution in [0.2, 0.25) is 0 Å². The zero-order valence-corrected chi connectivity index (χ0v) is 12.4. The summed E-state index contributed by atoms with van der Waals surface area (Å²) < 4.78 is 18.3. The zero-order chi connectivity index (χ0) is 15.9. The second-order valence-corrected chi connectivity index (χ2v) is 4.94. The van der Waals surface area contributed by atoms with Crippen molar-refractivity contribution in [3.8, 4) is 5.75 Å². The monoisotopic (exact) mass is 300 g/mol. The Morgan fingerprint density at radius 3 is 2.36 bits per heavy atom. The molecule has 0 aliphatic heterocycles. The molecule has 2 aromatic rings. The third kappa shape index (κ3) is 4.70. The molecule has 0 fully saturated rings. The summed E-state index contributed by atoms with van der Waals surface area (Å²) in [6, 6.07) is 12.6. The summed E-state index contributed by atoms with van der Waals surface area (Å²) in [6.45, 7) is 3.87. The Morgan fingerprint density at radius 2 is 1.77 bits per heavy atom. The number of rotatable bonds is 5. The van der Waals surface area contributed by atoms with Crippen LogP contribution in [0.4, 0.5) is 4.39 Å². The smallest absolute Gasteiger partial charge is 0.271 e. The van der Waals surface area contributed by atoms with Crippen LogP contribution in [-0.2, 0) is 0 Å². The van der Waals surface area contributed by atoms with Crippen molar-refractivity contribution in [2.24, 2.45) is 5.10 Å². The van der Waals surface area contributed by atoms with Crippen molar-refractivity contribution in [2.45, 2.75) is 20.0 Å². The largest absolute Gasteiger partial charge is 0.491 e. The third-order valence-electron chi connectivity index (χ3n) is 2.74. The number of amides is 1. The Hall–Kier alpha value is -2.69. The maximum Gasteiger partial charge on any atom is 0.271 e. The van der Waals surface area contributed by atoms with Gasteiger partial charge in [0.15, 0.2) is 0 Å². The van der Waals surface area contributed by atoms with Crippen LogP contribution in [0.25, 0.3) is 0 Å². The van der Waals surface area contributed by atoms with Crippen LogP contribution in [0.15, 0.2) is 53.6 Å². The van der Waals surface area contributed by atoms with Crippen LogP contribution < -0.4 is 10.2 Å². The summed E-state index contributed by atoms with van der Waals surface area (Å²) in [5.74, 6) is 0.0701. The summed E-state index contributed by atoms with van der Waals surface area (Å²) in [7, 11) is 0. The van der Waals surface area contributed by atoms with Crippen LogP contribution in [0.1, 0.15) is 29.8 Å². The normalized spacial score (nSPS) is 10.9. The number of hydrogen-bond acceptors (Lipinski definition) is 3. The van der Waals surface area contributed by atoms with Crippen molar-refractivity contribution < 1.29 is 13.9 Å². The van der Waals surface area contributed by atoms with E-state index in [0.29, 0.717) is 16.9 Å². The fourth-order valence-electron chi connectivity index (χ4n) is 1.74. The third-order valence-corrected chi connectivity index (χ3v) is 2.74. The van der Waals surface area contributed by atoms with Crippen molar-refractivity contribution >= 4 is 12.1 Å². The van der Waals surface area contributed by atoms with Crippen molar-refractivity contribution in [3.05, 3.63) is 65.5 Å². The lowest BCUT2D eigenvalue weighted by Crippen LogP contribution is -2.17. The molecule has 0 saturated heterocycles. The number of hydrogen-bond donors (Lipinski definition) is 1. The number of hydrazone groups is 1. The van der Waals surface area contributed by atoms with E-state index in [1.165, 1.54) is 18.3 Å². The second kappa shape index (κ2) is 7.36. The minimum atomic E-state index is -0.325. The highest BCUT2D eigenvalue weighted by Crippen LogP contribution is 2.13. The lowest BCUT2D eigenvalue weighted by molar-refractivity contribution is 0.0955. The minimum Gasteiger partial charge on any atom is -0.491 e. The van der Waals surface area contributed by atoms with Gasteiger partial charge in [-0.25, -0.2) is 9.82 Å². The average molecular weight is 300 g/mol. The maximum absolute atomic E-state index is 12.7. The molecule has 0 bridgehead atoms. The van der Waals surface area contributed by atoms with E-state index >= 15 is 0 Å². The van der Waals surface area contributed by atoms with Crippen molar-refractivity contribution in [2.75, 3.05) is 0 Å². The molecule has 1 N–H and O–H groups in total. The first-order chi connectivity index (χ1) is 10.5. The molecule has 0 unspecified atom stereocenters. The molecule has 2 aromatic carbocycles. The highest BCUT2D eigenvalue weighted by atomic mass is 19.1. The fourth-order valence-corrected chi connectivity index (χ4v) is 1.74. The lowest BCUT2D eigenvalue weighted by Gasteiger charge is -2.09. The molecular formula is C17H17FN2O2. The van der Waals surface area contributed by atoms with Crippen LogP contribution in [-0.4, -0.2) is 18.2 Å². The van der Waals surface area contributed by atoms with Gasteiger partial charge in [0, 0.05) is 5.56 Å². The van der Waals surface area contributed by atoms with E-state index in [9.17, 15) is 9.18 Å². The van der Waals surface area contributed by atoms with Gasteiger partial charge in [0.1, 0.15) is 11.6 Å². The first kappa shape index (κ1) is 15.7. The summed E-state index contributed by atoms with van der Waals surface area (Å²) in [5.41, 5.74) is 3.59. The van der Waals surface area contributed by atoms with Crippen molar-refractivity contribution in [3.63, 3.8) is 0 Å². The van der Waals surface area contributed by atoms with Gasteiger partial charge in [0.25, 0.3) is 5.91 Å². The maximum atomic E-state index is 12.7. The van der Waals surface area contributed by atoms with Gasteiger partial charge in [-0.3, -0.25) is 4.79 Å². The van der Waals surface area contributed by atoms with E-state index in [-0.39, 0.29) is 17.8 Å². The Kier molecular flexibility index (Phi) is 5.25. The van der Waals surface area contributed by atoms with Gasteiger partial charge in [-0.1, -0.05) is 12.1 Å². The number of nitrogens with one attached hydrogen (secondary N) is 1. The van der Waals surface area contributed by atoms with E-state index in [4.69, 9.17) is 4.74 Å². The topological polar surface area (TPSA) is 50.7 Å². The molecule has 0 aliphatic rings. The molecule has 5 heteroatoms. The van der Waals surface area contributed by atoms with Crippen molar-refractivity contribution in [1.29, 1.82) is 0 Å². The minimum absolute atomic E-state index is 0.0833. The summed E-state index contributed by atoms with van der Waals surface area (Å²) in [6.07, 6.45) is 1.54. The predicted molar refractivity (Wildman–Crippen MR) is 83.7 cm³/mol. The van der Waals surface area contributed by atoms with Gasteiger partial charge in [-0.15, -0.1) is 0 Å². The standard InChI is InChI=1S/C17H17FN2O2/c1-12(2)22-16-9-5-14(6-10-16)17(21)20-19-11-13-3-7-15(18)8-4-13/h3-12H,1-2H3,(H,20,21)/b19-11-. The van der Waals surface area contributed by atoms with Gasteiger partial charge in [0.2, 0.25) is 0 Å². The van der Waals surface area contributed by atoms with Gasteiger partial charge in [-0.05, 0) is 55.8 Å². The predicted octanol–water partition coefficient (Wildman–Crippen LogP) is 3.38. The van der Waals surface area contributed by atoms with Crippen molar-refractivity contribution in [1.82, 2.24) is 5.43 Å². The quantitative estimate of drug-likeness (QED) is 0.680. The van der Waals surface area contributed by atoms with E-state index in [1.54, 1.807) is 36.4 Å². The van der Waals surface area contributed by atoms with Gasteiger partial charge < -0.3 is 4.74 Å². The van der Waals surface area contributed by atoms with Gasteiger partial charge in [0.05, 0.1) is 12.3 Å². The average Bonchev–Trinajstić information content (AvgIpc) is 2.49. The van der Waals surface area contributed by atoms with Gasteiger partial charge in [-0.2, -0.15) is 5.10 Å². The van der Waals surface area contributed by atoms with Gasteiger partial charge >= 0.3 is 0 Å². The summed E-state index contributed by atoms with van der Waals surface area (Å²) >= 11 is 0. The Bertz CT molecular complexity index is 649. The highest BCUT2D eigenvalue weighted by molar-refractivity contribution is 5.94. The molecule has 0 radical (unpaired) electrons. The molecule has 0 atom stereocenters. The van der Waals surface area contributed by atoms with E-state index in [0.717, 1.165) is 0 Å². The molecule has 114 valence electrons. The number of halogens is 1. The summed E-state index contributed by atoms with van der Waals surface area (Å²) in [5, 5.41) is 3.84. The fraction of sp³-hybridized carbons (Fsp3) is 0.176. The molecule has 22 heavy (non-hydrogen) atoms. The SMILES string of the molecule is CC(C)Oc1ccc(C(=O)N/N=C\c2ccc(F)cc2)cc1. The molecule has 0 saturated carbocycles. The number of carbonyl (C=O) groups is 1. The summed E-state index contributed by atoms with van der Waals surface area (Å²) in [4.78, 5) is 11.9. The zero-order valence-electron chi connectivity index (χ0n) is 12.4. The Labute approximate surface area is 128 Å². The molecule has 1 amide bonds. The highest BCUT2D eigenvalue weighted by Gasteiger charge is 2.05. The lowest BCUT2D eigenvalue weighted by atomic mass is 10.2. The number of carbonyl (C=O) groups excluding carboxylic acids is 1. The van der Waals surface area contributed by atoms with Crippen LogP contribution in [0.5, 0.6) is 5.75 Å². The van der Waals surface area contributed by atoms with Crippen LogP contribution in [0.3, 0.4) is 0 Å².